The molecular formula is C20H19Na2O8PS. The van der Waals surface area contributed by atoms with Gasteiger partial charge in [0.15, 0.2) is 17.3 Å². The first-order valence-corrected chi connectivity index (χ1v) is 11.4. The van der Waals surface area contributed by atoms with E-state index >= 15 is 0 Å². The van der Waals surface area contributed by atoms with Gasteiger partial charge in [-0.2, -0.15) is 0 Å². The summed E-state index contributed by atoms with van der Waals surface area (Å²) in [6.45, 7) is 2.44. The first-order chi connectivity index (χ1) is 14.3. The predicted octanol–water partition coefficient (Wildman–Crippen LogP) is -2.96. The van der Waals surface area contributed by atoms with Gasteiger partial charge in [0.05, 0.1) is 24.2 Å². The number of allylic oxidation sites excluding steroid dienone is 1. The predicted molar refractivity (Wildman–Crippen MR) is 108 cm³/mol. The van der Waals surface area contributed by atoms with Gasteiger partial charge in [-0.25, -0.2) is 0 Å². The molecule has 0 radical (unpaired) electrons. The van der Waals surface area contributed by atoms with Crippen LogP contribution in [0.1, 0.15) is 29.3 Å². The first kappa shape index (κ1) is 29.6. The quantitative estimate of drug-likeness (QED) is 0.155. The molecule has 2 aromatic carbocycles. The van der Waals surface area contributed by atoms with E-state index in [1.165, 1.54) is 43.2 Å². The Morgan fingerprint density at radius 3 is 2.59 bits per heavy atom. The molecule has 0 atom stereocenters. The van der Waals surface area contributed by atoms with Crippen LogP contribution in [0.3, 0.4) is 0 Å². The Morgan fingerprint density at radius 2 is 1.94 bits per heavy atom. The van der Waals surface area contributed by atoms with Crippen LogP contribution in [0, 0.1) is 0 Å². The summed E-state index contributed by atoms with van der Waals surface area (Å²) < 4.78 is 31.6. The summed E-state index contributed by atoms with van der Waals surface area (Å²) in [7, 11) is -3.95. The van der Waals surface area contributed by atoms with Gasteiger partial charge in [-0.15, -0.1) is 0 Å². The van der Waals surface area contributed by atoms with Crippen molar-refractivity contribution in [3.63, 3.8) is 0 Å². The van der Waals surface area contributed by atoms with E-state index in [4.69, 9.17) is 14.2 Å². The van der Waals surface area contributed by atoms with Crippen molar-refractivity contribution in [2.45, 2.75) is 18.2 Å². The van der Waals surface area contributed by atoms with Crippen molar-refractivity contribution in [2.24, 2.45) is 0 Å². The standard InChI is InChI=1S/C20H21O8PS.2Na/c1-3-8-26-17-11-20-19(27-12-30-20)10-14(17)15(21)6-4-13-5-7-16(25-2)18(9-13)28-29(22,23)24;;/h4-7,9-11H,3,8,12H2,1-2H3,(H2,22,23,24);;/q;2*+1/p-2/b6-4+;;. The summed E-state index contributed by atoms with van der Waals surface area (Å²) in [5.74, 6) is 1.09. The second kappa shape index (κ2) is 13.4. The molecule has 0 N–H and O–H groups in total. The largest absolute Gasteiger partial charge is 1.00 e. The van der Waals surface area contributed by atoms with E-state index in [0.717, 1.165) is 11.3 Å². The van der Waals surface area contributed by atoms with Crippen molar-refractivity contribution < 1.29 is 97.0 Å². The zero-order valence-electron chi connectivity index (χ0n) is 18.3. The van der Waals surface area contributed by atoms with E-state index in [1.807, 2.05) is 6.92 Å². The van der Waals surface area contributed by atoms with E-state index in [0.29, 0.717) is 35.2 Å². The van der Waals surface area contributed by atoms with Crippen molar-refractivity contribution >= 4 is 31.4 Å². The average Bonchev–Trinajstić information content (AvgIpc) is 3.16. The fraction of sp³-hybridized carbons (Fsp3) is 0.250. The molecule has 0 saturated carbocycles. The molecule has 3 rings (SSSR count). The van der Waals surface area contributed by atoms with Gasteiger partial charge < -0.3 is 33.1 Å². The van der Waals surface area contributed by atoms with Crippen molar-refractivity contribution in [1.82, 2.24) is 0 Å². The Labute approximate surface area is 234 Å². The zero-order chi connectivity index (χ0) is 21.7. The Kier molecular flexibility index (Phi) is 12.4. The average molecular weight is 496 g/mol. The third kappa shape index (κ3) is 8.09. The van der Waals surface area contributed by atoms with Gasteiger partial charge >= 0.3 is 59.1 Å². The van der Waals surface area contributed by atoms with Gasteiger partial charge in [0.25, 0.3) is 0 Å². The normalized spacial score (nSPS) is 12.2. The molecule has 0 aliphatic carbocycles. The number of phosphoric ester groups is 1. The number of methoxy groups -OCH3 is 1. The van der Waals surface area contributed by atoms with E-state index in [2.05, 4.69) is 4.52 Å². The van der Waals surface area contributed by atoms with Gasteiger partial charge in [-0.1, -0.05) is 30.8 Å². The SMILES string of the molecule is CCCOc1cc2c(cc1C(=O)/C=C/c1ccc(OC)c(OP(=O)([O-])[O-])c1)OCS2.[Na+].[Na+]. The molecule has 1 aliphatic rings. The number of carbonyl (C=O) groups is 1. The van der Waals surface area contributed by atoms with Crippen LogP contribution in [0.5, 0.6) is 23.0 Å². The molecule has 0 unspecified atom stereocenters. The van der Waals surface area contributed by atoms with E-state index in [-0.39, 0.29) is 76.4 Å². The van der Waals surface area contributed by atoms with Crippen molar-refractivity contribution in [2.75, 3.05) is 19.7 Å². The third-order valence-electron chi connectivity index (χ3n) is 4.03. The number of ether oxygens (including phenoxy) is 3. The molecule has 32 heavy (non-hydrogen) atoms. The fourth-order valence-electron chi connectivity index (χ4n) is 2.70. The summed E-state index contributed by atoms with van der Waals surface area (Å²) >= 11 is 1.52. The third-order valence-corrected chi connectivity index (χ3v) is 5.31. The maximum Gasteiger partial charge on any atom is 1.00 e. The molecule has 0 saturated heterocycles. The molecule has 160 valence electrons. The number of thioether (sulfide) groups is 1. The van der Waals surface area contributed by atoms with E-state index in [1.54, 1.807) is 18.2 Å². The van der Waals surface area contributed by atoms with Gasteiger partial charge in [-0.3, -0.25) is 4.79 Å². The van der Waals surface area contributed by atoms with Crippen LogP contribution in [-0.4, -0.2) is 25.4 Å². The van der Waals surface area contributed by atoms with E-state index < -0.39 is 7.82 Å². The number of phosphoric acid groups is 1. The summed E-state index contributed by atoms with van der Waals surface area (Å²) in [5.41, 5.74) is 0.797. The molecule has 8 nitrogen and oxygen atoms in total. The summed E-state index contributed by atoms with van der Waals surface area (Å²) in [4.78, 5) is 35.6. The van der Waals surface area contributed by atoms with Crippen LogP contribution >= 0.6 is 19.6 Å². The fourth-order valence-corrected chi connectivity index (χ4v) is 3.84. The molecule has 0 spiro atoms. The monoisotopic (exact) mass is 496 g/mol. The maximum absolute atomic E-state index is 12.8. The number of hydrogen-bond donors (Lipinski definition) is 0. The molecule has 2 aromatic rings. The molecule has 0 aromatic heterocycles. The maximum atomic E-state index is 12.8. The first-order valence-electron chi connectivity index (χ1n) is 8.99. The van der Waals surface area contributed by atoms with Crippen LogP contribution in [-0.2, 0) is 4.57 Å². The van der Waals surface area contributed by atoms with Crippen LogP contribution in [0.4, 0.5) is 0 Å². The van der Waals surface area contributed by atoms with Crippen molar-refractivity contribution in [3.05, 3.63) is 47.5 Å². The summed E-state index contributed by atoms with van der Waals surface area (Å²) in [6, 6.07) is 7.77. The van der Waals surface area contributed by atoms with E-state index in [9.17, 15) is 19.1 Å². The molecule has 1 aliphatic heterocycles. The number of benzene rings is 2. The molecule has 0 amide bonds. The number of rotatable bonds is 9. The van der Waals surface area contributed by atoms with Crippen LogP contribution in [0.15, 0.2) is 41.3 Å². The second-order valence-corrected chi connectivity index (χ2v) is 8.24. The molecule has 0 bridgehead atoms. The Morgan fingerprint density at radius 1 is 1.19 bits per heavy atom. The smallest absolute Gasteiger partial charge is 0.780 e. The molecular weight excluding hydrogens is 477 g/mol. The zero-order valence-corrected chi connectivity index (χ0v) is 24.0. The molecule has 1 heterocycles. The van der Waals surface area contributed by atoms with Crippen molar-refractivity contribution in [3.8, 4) is 23.0 Å². The number of carbonyl (C=O) groups excluding carboxylic acids is 1. The summed E-state index contributed by atoms with van der Waals surface area (Å²) in [5, 5.41) is 0. The number of fused-ring (bicyclic) bond motifs is 1. The van der Waals surface area contributed by atoms with Gasteiger partial charge in [0, 0.05) is 0 Å². The Bertz CT molecular complexity index is 1020. The molecule has 0 fully saturated rings. The minimum atomic E-state index is -5.26. The van der Waals surface area contributed by atoms with Crippen LogP contribution < -0.4 is 87.6 Å². The van der Waals surface area contributed by atoms with Gasteiger partial charge in [0.1, 0.15) is 25.3 Å². The Balaban J connectivity index is 0.00000256. The van der Waals surface area contributed by atoms with Crippen molar-refractivity contribution in [1.29, 1.82) is 0 Å². The molecule has 12 heteroatoms. The summed E-state index contributed by atoms with van der Waals surface area (Å²) in [6.07, 6.45) is 3.59. The second-order valence-electron chi connectivity index (χ2n) is 6.20. The minimum Gasteiger partial charge on any atom is -0.780 e. The van der Waals surface area contributed by atoms with Crippen LogP contribution in [0.2, 0.25) is 0 Å². The van der Waals surface area contributed by atoms with Crippen LogP contribution in [0.25, 0.3) is 6.08 Å². The van der Waals surface area contributed by atoms with Gasteiger partial charge in [0.2, 0.25) is 0 Å². The Hall–Kier alpha value is -0.450. The van der Waals surface area contributed by atoms with Gasteiger partial charge in [-0.05, 0) is 42.3 Å². The number of ketones is 1. The topological polar surface area (TPSA) is 117 Å². The number of hydrogen-bond acceptors (Lipinski definition) is 9. The minimum absolute atomic E-state index is 0.